The minimum Gasteiger partial charge on any atom is -0.465 e. The van der Waals surface area contributed by atoms with Crippen LogP contribution in [0.3, 0.4) is 0 Å². The third kappa shape index (κ3) is 4.49. The molecule has 0 aliphatic rings. The Kier molecular flexibility index (Phi) is 5.66. The fraction of sp³-hybridized carbons (Fsp3) is 0.105. The van der Waals surface area contributed by atoms with E-state index in [1.54, 1.807) is 42.5 Å². The van der Waals surface area contributed by atoms with E-state index in [1.807, 2.05) is 12.1 Å². The number of esters is 1. The van der Waals surface area contributed by atoms with E-state index < -0.39 is 0 Å². The van der Waals surface area contributed by atoms with Crippen molar-refractivity contribution in [3.05, 3.63) is 76.5 Å². The predicted molar refractivity (Wildman–Crippen MR) is 97.1 cm³/mol. The lowest BCUT2D eigenvalue weighted by atomic mass is 10.1. The summed E-state index contributed by atoms with van der Waals surface area (Å²) in [5.74, 6) is 0.166. The van der Waals surface area contributed by atoms with Gasteiger partial charge in [-0.1, -0.05) is 46.2 Å². The van der Waals surface area contributed by atoms with Gasteiger partial charge in [0.25, 0.3) is 0 Å². The Balaban J connectivity index is 1.54. The number of benzene rings is 2. The van der Waals surface area contributed by atoms with Gasteiger partial charge in [-0.15, -0.1) is 0 Å². The Labute approximate surface area is 155 Å². The van der Waals surface area contributed by atoms with Crippen molar-refractivity contribution in [2.75, 3.05) is 7.11 Å². The first-order chi connectivity index (χ1) is 12.7. The second kappa shape index (κ2) is 8.31. The summed E-state index contributed by atoms with van der Waals surface area (Å²) >= 11 is 5.87. The lowest BCUT2D eigenvalue weighted by molar-refractivity contribution is 0.0600. The zero-order valence-corrected chi connectivity index (χ0v) is 14.6. The molecule has 0 radical (unpaired) electrons. The van der Waals surface area contributed by atoms with Crippen LogP contribution < -0.4 is 0 Å². The number of carbonyl (C=O) groups is 1. The van der Waals surface area contributed by atoms with E-state index in [1.165, 1.54) is 13.3 Å². The van der Waals surface area contributed by atoms with Crippen LogP contribution in [0.5, 0.6) is 0 Å². The number of hydrogen-bond acceptors (Lipinski definition) is 6. The third-order valence-corrected chi connectivity index (χ3v) is 3.77. The third-order valence-electron chi connectivity index (χ3n) is 3.51. The summed E-state index contributed by atoms with van der Waals surface area (Å²) in [5.41, 5.74) is 2.86. The molecule has 0 bridgehead atoms. The molecule has 3 rings (SSSR count). The van der Waals surface area contributed by atoms with E-state index in [0.717, 1.165) is 11.1 Å². The molecule has 0 unspecified atom stereocenters. The number of carbonyl (C=O) groups excluding carboxylic acids is 1. The van der Waals surface area contributed by atoms with Crippen LogP contribution in [-0.4, -0.2) is 24.5 Å². The summed E-state index contributed by atoms with van der Waals surface area (Å²) in [6.07, 6.45) is 1.54. The van der Waals surface area contributed by atoms with Crippen LogP contribution in [-0.2, 0) is 16.2 Å². The Hall–Kier alpha value is -3.12. The highest BCUT2D eigenvalue weighted by Crippen LogP contribution is 2.21. The molecule has 0 amide bonds. The number of hydrogen-bond donors (Lipinski definition) is 0. The first-order valence-corrected chi connectivity index (χ1v) is 8.09. The highest BCUT2D eigenvalue weighted by atomic mass is 35.5. The van der Waals surface area contributed by atoms with Crippen molar-refractivity contribution < 1.29 is 18.9 Å². The minimum absolute atomic E-state index is 0.150. The first-order valence-electron chi connectivity index (χ1n) is 7.71. The Morgan fingerprint density at radius 2 is 1.92 bits per heavy atom. The standard InChI is InChI=1S/C19H15ClN2O4/c1-24-19(23)15-4-2-13(3-5-15)11-21-25-12-17-10-18(22-26-17)14-6-8-16(20)9-7-14/h2-11H,12H2,1H3/b21-11+. The van der Waals surface area contributed by atoms with Crippen molar-refractivity contribution in [2.24, 2.45) is 5.16 Å². The van der Waals surface area contributed by atoms with Crippen molar-refractivity contribution in [1.82, 2.24) is 5.16 Å². The van der Waals surface area contributed by atoms with Crippen LogP contribution in [0.2, 0.25) is 5.02 Å². The molecule has 3 aromatic rings. The van der Waals surface area contributed by atoms with Gasteiger partial charge in [-0.2, -0.15) is 0 Å². The van der Waals surface area contributed by atoms with Crippen LogP contribution in [0.4, 0.5) is 0 Å². The van der Waals surface area contributed by atoms with Gasteiger partial charge in [-0.05, 0) is 29.8 Å². The Bertz CT molecular complexity index is 902. The lowest BCUT2D eigenvalue weighted by Crippen LogP contribution is -2.00. The van der Waals surface area contributed by atoms with Crippen LogP contribution in [0.15, 0.2) is 64.3 Å². The molecular weight excluding hydrogens is 356 g/mol. The van der Waals surface area contributed by atoms with Crippen LogP contribution in [0, 0.1) is 0 Å². The normalized spacial score (nSPS) is 10.8. The van der Waals surface area contributed by atoms with Crippen molar-refractivity contribution in [2.45, 2.75) is 6.61 Å². The average Bonchev–Trinajstić information content (AvgIpc) is 3.14. The minimum atomic E-state index is -0.383. The molecule has 26 heavy (non-hydrogen) atoms. The molecule has 0 aliphatic carbocycles. The van der Waals surface area contributed by atoms with E-state index in [4.69, 9.17) is 21.0 Å². The van der Waals surface area contributed by atoms with Crippen molar-refractivity contribution >= 4 is 23.8 Å². The Morgan fingerprint density at radius 3 is 2.62 bits per heavy atom. The average molecular weight is 371 g/mol. The molecule has 7 heteroatoms. The van der Waals surface area contributed by atoms with Crippen molar-refractivity contribution in [1.29, 1.82) is 0 Å². The maximum atomic E-state index is 11.4. The SMILES string of the molecule is COC(=O)c1ccc(/C=N/OCc2cc(-c3ccc(Cl)cc3)no2)cc1. The number of ether oxygens (including phenoxy) is 1. The largest absolute Gasteiger partial charge is 0.465 e. The van der Waals surface area contributed by atoms with E-state index in [2.05, 4.69) is 15.0 Å². The van der Waals surface area contributed by atoms with Gasteiger partial charge in [0, 0.05) is 16.7 Å². The summed E-state index contributed by atoms with van der Waals surface area (Å²) in [4.78, 5) is 16.6. The van der Waals surface area contributed by atoms with E-state index >= 15 is 0 Å². The number of oxime groups is 1. The van der Waals surface area contributed by atoms with Gasteiger partial charge in [-0.3, -0.25) is 0 Å². The number of methoxy groups -OCH3 is 1. The highest BCUT2D eigenvalue weighted by Gasteiger charge is 2.07. The molecular formula is C19H15ClN2O4. The second-order valence-electron chi connectivity index (χ2n) is 5.31. The van der Waals surface area contributed by atoms with E-state index in [0.29, 0.717) is 22.0 Å². The molecule has 0 N–H and O–H groups in total. The van der Waals surface area contributed by atoms with Crippen LogP contribution >= 0.6 is 11.6 Å². The molecule has 1 heterocycles. The van der Waals surface area contributed by atoms with Crippen molar-refractivity contribution in [3.63, 3.8) is 0 Å². The lowest BCUT2D eigenvalue weighted by Gasteiger charge is -1.99. The molecule has 0 atom stereocenters. The molecule has 0 saturated heterocycles. The molecule has 0 aliphatic heterocycles. The summed E-state index contributed by atoms with van der Waals surface area (Å²) in [6, 6.07) is 15.9. The molecule has 0 saturated carbocycles. The number of aromatic nitrogens is 1. The number of nitrogens with zero attached hydrogens (tertiary/aromatic N) is 2. The predicted octanol–water partition coefficient (Wildman–Crippen LogP) is 4.33. The van der Waals surface area contributed by atoms with Gasteiger partial charge in [-0.25, -0.2) is 4.79 Å². The molecule has 2 aromatic carbocycles. The zero-order valence-electron chi connectivity index (χ0n) is 13.9. The van der Waals surface area contributed by atoms with Gasteiger partial charge in [0.05, 0.1) is 18.9 Å². The summed E-state index contributed by atoms with van der Waals surface area (Å²) in [5, 5.41) is 8.53. The summed E-state index contributed by atoms with van der Waals surface area (Å²) in [6.45, 7) is 0.150. The monoisotopic (exact) mass is 370 g/mol. The van der Waals surface area contributed by atoms with Gasteiger partial charge in [0.2, 0.25) is 0 Å². The molecule has 0 fully saturated rings. The van der Waals surface area contributed by atoms with Crippen LogP contribution in [0.25, 0.3) is 11.3 Å². The van der Waals surface area contributed by atoms with Crippen molar-refractivity contribution in [3.8, 4) is 11.3 Å². The topological polar surface area (TPSA) is 73.9 Å². The fourth-order valence-corrected chi connectivity index (χ4v) is 2.29. The van der Waals surface area contributed by atoms with Gasteiger partial charge >= 0.3 is 5.97 Å². The van der Waals surface area contributed by atoms with E-state index in [-0.39, 0.29) is 12.6 Å². The smallest absolute Gasteiger partial charge is 0.337 e. The van der Waals surface area contributed by atoms with Gasteiger partial charge in [0.1, 0.15) is 5.69 Å². The number of rotatable bonds is 6. The Morgan fingerprint density at radius 1 is 1.19 bits per heavy atom. The first kappa shape index (κ1) is 17.7. The molecule has 132 valence electrons. The fourth-order valence-electron chi connectivity index (χ4n) is 2.16. The summed E-state index contributed by atoms with van der Waals surface area (Å²) in [7, 11) is 1.34. The maximum absolute atomic E-state index is 11.4. The zero-order chi connectivity index (χ0) is 18.4. The molecule has 1 aromatic heterocycles. The maximum Gasteiger partial charge on any atom is 0.337 e. The van der Waals surface area contributed by atoms with Gasteiger partial charge in [0.15, 0.2) is 12.4 Å². The number of halogens is 1. The van der Waals surface area contributed by atoms with E-state index in [9.17, 15) is 4.79 Å². The molecule has 6 nitrogen and oxygen atoms in total. The molecule has 0 spiro atoms. The van der Waals surface area contributed by atoms with Gasteiger partial charge < -0.3 is 14.1 Å². The van der Waals surface area contributed by atoms with Crippen LogP contribution in [0.1, 0.15) is 21.7 Å². The highest BCUT2D eigenvalue weighted by molar-refractivity contribution is 6.30. The quantitative estimate of drug-likeness (QED) is 0.367. The summed E-state index contributed by atoms with van der Waals surface area (Å²) < 4.78 is 9.87. The second-order valence-corrected chi connectivity index (χ2v) is 5.74.